The highest BCUT2D eigenvalue weighted by molar-refractivity contribution is 5.74. The molecule has 1 aliphatic carbocycles. The third kappa shape index (κ3) is 2.10. The molecule has 0 spiro atoms. The normalized spacial score (nSPS) is 22.2. The highest BCUT2D eigenvalue weighted by Gasteiger charge is 2.18. The van der Waals surface area contributed by atoms with Crippen LogP contribution < -0.4 is 5.76 Å². The van der Waals surface area contributed by atoms with Gasteiger partial charge in [-0.15, -0.1) is 0 Å². The molecule has 0 radical (unpaired) electrons. The standard InChI is InChI=1S/C15H15NO3/c1-10-4-2-3-5-11(10)9-16-13-7-6-12(17)8-14(13)19-15(16)18/h2-8,10-11,17H,9H2,1H3. The van der Waals surface area contributed by atoms with E-state index in [9.17, 15) is 9.90 Å². The zero-order valence-corrected chi connectivity index (χ0v) is 10.6. The molecule has 0 fully saturated rings. The van der Waals surface area contributed by atoms with Gasteiger partial charge in [0.25, 0.3) is 0 Å². The minimum Gasteiger partial charge on any atom is -0.508 e. The molecular formula is C15H15NO3. The number of allylic oxidation sites excluding steroid dienone is 4. The van der Waals surface area contributed by atoms with Crippen LogP contribution in [-0.4, -0.2) is 9.67 Å². The van der Waals surface area contributed by atoms with E-state index in [1.54, 1.807) is 16.7 Å². The Balaban J connectivity index is 2.01. The zero-order chi connectivity index (χ0) is 13.4. The highest BCUT2D eigenvalue weighted by atomic mass is 16.4. The van der Waals surface area contributed by atoms with Crippen molar-refractivity contribution >= 4 is 11.1 Å². The molecule has 4 nitrogen and oxygen atoms in total. The molecule has 3 rings (SSSR count). The smallest absolute Gasteiger partial charge is 0.419 e. The Kier molecular flexibility index (Phi) is 2.78. The van der Waals surface area contributed by atoms with Crippen LogP contribution >= 0.6 is 0 Å². The van der Waals surface area contributed by atoms with Gasteiger partial charge < -0.3 is 9.52 Å². The van der Waals surface area contributed by atoms with Crippen molar-refractivity contribution in [2.24, 2.45) is 11.8 Å². The van der Waals surface area contributed by atoms with Crippen molar-refractivity contribution < 1.29 is 9.52 Å². The number of oxazole rings is 1. The molecule has 0 aliphatic heterocycles. The number of phenols is 1. The molecule has 2 unspecified atom stereocenters. The van der Waals surface area contributed by atoms with Crippen molar-refractivity contribution in [2.75, 3.05) is 0 Å². The number of nitrogens with zero attached hydrogens (tertiary/aromatic N) is 1. The van der Waals surface area contributed by atoms with Gasteiger partial charge in [-0.3, -0.25) is 4.57 Å². The molecule has 2 atom stereocenters. The van der Waals surface area contributed by atoms with Gasteiger partial charge >= 0.3 is 5.76 Å². The number of hydrogen-bond donors (Lipinski definition) is 1. The van der Waals surface area contributed by atoms with Crippen LogP contribution in [0, 0.1) is 11.8 Å². The Labute approximate surface area is 110 Å². The molecule has 1 aromatic carbocycles. The summed E-state index contributed by atoms with van der Waals surface area (Å²) in [5.74, 6) is 0.384. The molecule has 1 aliphatic rings. The first-order valence-electron chi connectivity index (χ1n) is 6.32. The Morgan fingerprint density at radius 1 is 1.32 bits per heavy atom. The Hall–Kier alpha value is -2.23. The summed E-state index contributed by atoms with van der Waals surface area (Å²) < 4.78 is 6.79. The van der Waals surface area contributed by atoms with Crippen LogP contribution in [0.1, 0.15) is 6.92 Å². The van der Waals surface area contributed by atoms with Gasteiger partial charge in [0.2, 0.25) is 0 Å². The van der Waals surface area contributed by atoms with Crippen molar-refractivity contribution in [1.82, 2.24) is 4.57 Å². The third-order valence-corrected chi connectivity index (χ3v) is 3.60. The van der Waals surface area contributed by atoms with Crippen molar-refractivity contribution in [3.8, 4) is 5.75 Å². The molecule has 4 heteroatoms. The number of phenolic OH excluding ortho intramolecular Hbond substituents is 1. The minimum atomic E-state index is -0.379. The van der Waals surface area contributed by atoms with Gasteiger partial charge in [-0.1, -0.05) is 31.2 Å². The van der Waals surface area contributed by atoms with Gasteiger partial charge in [0.1, 0.15) is 5.75 Å². The van der Waals surface area contributed by atoms with Crippen LogP contribution in [-0.2, 0) is 6.54 Å². The van der Waals surface area contributed by atoms with Crippen molar-refractivity contribution in [3.05, 3.63) is 53.1 Å². The quantitative estimate of drug-likeness (QED) is 0.899. The van der Waals surface area contributed by atoms with E-state index < -0.39 is 0 Å². The zero-order valence-electron chi connectivity index (χ0n) is 10.6. The second-order valence-corrected chi connectivity index (χ2v) is 4.92. The summed E-state index contributed by atoms with van der Waals surface area (Å²) in [5.41, 5.74) is 1.14. The van der Waals surface area contributed by atoms with Crippen molar-refractivity contribution in [2.45, 2.75) is 13.5 Å². The Bertz CT molecular complexity index is 721. The summed E-state index contributed by atoms with van der Waals surface area (Å²) in [5, 5.41) is 9.40. The van der Waals surface area contributed by atoms with Crippen LogP contribution in [0.4, 0.5) is 0 Å². The third-order valence-electron chi connectivity index (χ3n) is 3.60. The van der Waals surface area contributed by atoms with Gasteiger partial charge in [-0.2, -0.15) is 0 Å². The first-order valence-corrected chi connectivity index (χ1v) is 6.32. The molecule has 1 N–H and O–H groups in total. The van der Waals surface area contributed by atoms with Crippen LogP contribution in [0.2, 0.25) is 0 Å². The summed E-state index contributed by atoms with van der Waals surface area (Å²) >= 11 is 0. The van der Waals surface area contributed by atoms with Gasteiger partial charge in [-0.05, 0) is 18.1 Å². The minimum absolute atomic E-state index is 0.0993. The topological polar surface area (TPSA) is 55.4 Å². The molecule has 19 heavy (non-hydrogen) atoms. The molecule has 98 valence electrons. The molecule has 0 saturated heterocycles. The maximum absolute atomic E-state index is 11.9. The first kappa shape index (κ1) is 11.8. The lowest BCUT2D eigenvalue weighted by Gasteiger charge is -2.20. The number of hydrogen-bond acceptors (Lipinski definition) is 3. The largest absolute Gasteiger partial charge is 0.508 e. The predicted octanol–water partition coefficient (Wildman–Crippen LogP) is 2.68. The SMILES string of the molecule is CC1C=CC=CC1Cn1c(=O)oc2cc(O)ccc21. The average molecular weight is 257 g/mol. The monoisotopic (exact) mass is 257 g/mol. The maximum atomic E-state index is 11.9. The number of rotatable bonds is 2. The highest BCUT2D eigenvalue weighted by Crippen LogP contribution is 2.24. The van der Waals surface area contributed by atoms with Crippen molar-refractivity contribution in [1.29, 1.82) is 0 Å². The van der Waals surface area contributed by atoms with E-state index in [2.05, 4.69) is 19.1 Å². The molecule has 1 aromatic heterocycles. The Morgan fingerprint density at radius 2 is 2.11 bits per heavy atom. The van der Waals surface area contributed by atoms with Crippen LogP contribution in [0.3, 0.4) is 0 Å². The molecule has 2 aromatic rings. The summed E-state index contributed by atoms with van der Waals surface area (Å²) in [4.78, 5) is 11.9. The van der Waals surface area contributed by atoms with E-state index in [0.717, 1.165) is 5.52 Å². The van der Waals surface area contributed by atoms with Crippen LogP contribution in [0.15, 0.2) is 51.7 Å². The summed E-state index contributed by atoms with van der Waals surface area (Å²) in [7, 11) is 0. The lowest BCUT2D eigenvalue weighted by atomic mass is 9.90. The lowest BCUT2D eigenvalue weighted by molar-refractivity contribution is 0.409. The lowest BCUT2D eigenvalue weighted by Crippen LogP contribution is -2.23. The second kappa shape index (κ2) is 4.46. The van der Waals surface area contributed by atoms with E-state index in [1.807, 2.05) is 12.2 Å². The van der Waals surface area contributed by atoms with Gasteiger partial charge in [0, 0.05) is 18.5 Å². The predicted molar refractivity (Wildman–Crippen MR) is 73.1 cm³/mol. The fraction of sp³-hybridized carbons (Fsp3) is 0.267. The fourth-order valence-corrected chi connectivity index (χ4v) is 2.43. The maximum Gasteiger partial charge on any atom is 0.419 e. The van der Waals surface area contributed by atoms with E-state index in [0.29, 0.717) is 18.0 Å². The second-order valence-electron chi connectivity index (χ2n) is 4.92. The molecule has 0 amide bonds. The van der Waals surface area contributed by atoms with E-state index in [1.165, 1.54) is 6.07 Å². The summed E-state index contributed by atoms with van der Waals surface area (Å²) in [6, 6.07) is 4.74. The number of fused-ring (bicyclic) bond motifs is 1. The van der Waals surface area contributed by atoms with E-state index in [4.69, 9.17) is 4.42 Å². The van der Waals surface area contributed by atoms with E-state index in [-0.39, 0.29) is 17.4 Å². The Morgan fingerprint density at radius 3 is 2.89 bits per heavy atom. The molecule has 0 saturated carbocycles. The first-order chi connectivity index (χ1) is 9.15. The van der Waals surface area contributed by atoms with Gasteiger partial charge in [0.05, 0.1) is 5.52 Å². The van der Waals surface area contributed by atoms with Gasteiger partial charge in [-0.25, -0.2) is 4.79 Å². The van der Waals surface area contributed by atoms with Crippen molar-refractivity contribution in [3.63, 3.8) is 0 Å². The molecular weight excluding hydrogens is 242 g/mol. The molecule has 1 heterocycles. The number of benzene rings is 1. The van der Waals surface area contributed by atoms with E-state index >= 15 is 0 Å². The summed E-state index contributed by atoms with van der Waals surface area (Å²) in [6.07, 6.45) is 8.26. The fourth-order valence-electron chi connectivity index (χ4n) is 2.43. The number of aromatic hydroxyl groups is 1. The van der Waals surface area contributed by atoms with Crippen LogP contribution in [0.5, 0.6) is 5.75 Å². The molecule has 0 bridgehead atoms. The number of aromatic nitrogens is 1. The van der Waals surface area contributed by atoms with Gasteiger partial charge in [0.15, 0.2) is 5.58 Å². The van der Waals surface area contributed by atoms with Crippen LogP contribution in [0.25, 0.3) is 11.1 Å². The summed E-state index contributed by atoms with van der Waals surface area (Å²) in [6.45, 7) is 2.71. The average Bonchev–Trinajstić information content (AvgIpc) is 2.68.